The minimum absolute atomic E-state index is 0.285. The third kappa shape index (κ3) is 4.74. The second-order valence-corrected chi connectivity index (χ2v) is 7.83. The van der Waals surface area contributed by atoms with Crippen molar-refractivity contribution in [2.24, 2.45) is 0 Å². The maximum Gasteiger partial charge on any atom is 0.333 e. The fourth-order valence-electron chi connectivity index (χ4n) is 1.95. The molecule has 0 saturated carbocycles. The quantitative estimate of drug-likeness (QED) is 0.746. The van der Waals surface area contributed by atoms with Crippen LogP contribution in [0.5, 0.6) is 0 Å². The molecule has 9 heteroatoms. The number of amides is 2. The summed E-state index contributed by atoms with van der Waals surface area (Å²) >= 11 is 0. The molecule has 1 heterocycles. The lowest BCUT2D eigenvalue weighted by molar-refractivity contribution is 0.0779. The molecule has 0 bridgehead atoms. The number of carbonyl (C=O) groups is 1. The lowest BCUT2D eigenvalue weighted by atomic mass is 10.0. The summed E-state index contributed by atoms with van der Waals surface area (Å²) in [6, 6.07) is 7.13. The minimum atomic E-state index is -4.19. The highest BCUT2D eigenvalue weighted by Gasteiger charge is 2.26. The number of anilines is 2. The second kappa shape index (κ2) is 6.77. The standard InChI is InChI=1S/C16H21N3O5S/c1-16(2,21)11-9-14(24-10-11)25(22,23)18-15(20)17-12-5-7-13(8-6-12)19(3)4/h5-10,21H,1-4H3,(H2,17,18,20). The SMILES string of the molecule is CN(C)c1ccc(NC(=O)NS(=O)(=O)c2cc(C(C)(C)O)co2)cc1. The summed E-state index contributed by atoms with van der Waals surface area (Å²) in [6.45, 7) is 2.98. The summed E-state index contributed by atoms with van der Waals surface area (Å²) in [5.41, 5.74) is 0.407. The van der Waals surface area contributed by atoms with Gasteiger partial charge in [0.25, 0.3) is 10.0 Å². The topological polar surface area (TPSA) is 112 Å². The predicted molar refractivity (Wildman–Crippen MR) is 94.1 cm³/mol. The van der Waals surface area contributed by atoms with E-state index in [9.17, 15) is 18.3 Å². The van der Waals surface area contributed by atoms with E-state index in [2.05, 4.69) is 5.32 Å². The molecule has 0 aliphatic rings. The van der Waals surface area contributed by atoms with Crippen molar-refractivity contribution in [1.29, 1.82) is 0 Å². The molecule has 1 aromatic heterocycles. The molecule has 2 amide bonds. The molecule has 1 aromatic carbocycles. The molecule has 136 valence electrons. The van der Waals surface area contributed by atoms with E-state index < -0.39 is 26.7 Å². The van der Waals surface area contributed by atoms with Gasteiger partial charge in [-0.25, -0.2) is 9.52 Å². The molecule has 2 aromatic rings. The van der Waals surface area contributed by atoms with E-state index in [0.717, 1.165) is 12.0 Å². The first kappa shape index (κ1) is 18.8. The Bertz CT molecular complexity index is 849. The Balaban J connectivity index is 2.07. The van der Waals surface area contributed by atoms with Gasteiger partial charge in [0.05, 0.1) is 11.9 Å². The molecule has 3 N–H and O–H groups in total. The maximum atomic E-state index is 12.2. The predicted octanol–water partition coefficient (Wildman–Crippen LogP) is 2.08. The zero-order valence-electron chi connectivity index (χ0n) is 14.4. The van der Waals surface area contributed by atoms with Gasteiger partial charge in [0, 0.05) is 37.1 Å². The molecule has 0 fully saturated rings. The number of urea groups is 1. The van der Waals surface area contributed by atoms with E-state index in [1.54, 1.807) is 24.3 Å². The minimum Gasteiger partial charge on any atom is -0.451 e. The third-order valence-corrected chi connectivity index (χ3v) is 4.61. The van der Waals surface area contributed by atoms with Crippen molar-refractivity contribution < 1.29 is 22.7 Å². The lowest BCUT2D eigenvalue weighted by Crippen LogP contribution is -2.34. The van der Waals surface area contributed by atoms with Gasteiger partial charge >= 0.3 is 6.03 Å². The van der Waals surface area contributed by atoms with Crippen LogP contribution in [0.4, 0.5) is 16.2 Å². The molecule has 0 aliphatic heterocycles. The highest BCUT2D eigenvalue weighted by atomic mass is 32.2. The molecular weight excluding hydrogens is 346 g/mol. The van der Waals surface area contributed by atoms with Gasteiger partial charge in [0.15, 0.2) is 0 Å². The van der Waals surface area contributed by atoms with Crippen LogP contribution in [0.25, 0.3) is 0 Å². The third-order valence-electron chi connectivity index (χ3n) is 3.42. The zero-order chi connectivity index (χ0) is 18.8. The van der Waals surface area contributed by atoms with E-state index >= 15 is 0 Å². The van der Waals surface area contributed by atoms with Crippen LogP contribution in [-0.4, -0.2) is 33.7 Å². The molecule has 2 rings (SSSR count). The van der Waals surface area contributed by atoms with Gasteiger partial charge in [-0.15, -0.1) is 0 Å². The van der Waals surface area contributed by atoms with Crippen LogP contribution in [0.2, 0.25) is 0 Å². The van der Waals surface area contributed by atoms with Crippen molar-refractivity contribution in [3.63, 3.8) is 0 Å². The summed E-state index contributed by atoms with van der Waals surface area (Å²) in [7, 11) is -0.425. The van der Waals surface area contributed by atoms with E-state index in [1.165, 1.54) is 19.9 Å². The van der Waals surface area contributed by atoms with Gasteiger partial charge < -0.3 is 19.7 Å². The molecule has 25 heavy (non-hydrogen) atoms. The van der Waals surface area contributed by atoms with Crippen molar-refractivity contribution in [2.45, 2.75) is 24.5 Å². The van der Waals surface area contributed by atoms with Gasteiger partial charge in [-0.1, -0.05) is 0 Å². The van der Waals surface area contributed by atoms with Crippen LogP contribution in [0.3, 0.4) is 0 Å². The van der Waals surface area contributed by atoms with E-state index in [0.29, 0.717) is 5.69 Å². The van der Waals surface area contributed by atoms with Crippen LogP contribution in [0.15, 0.2) is 46.1 Å². The van der Waals surface area contributed by atoms with Crippen LogP contribution in [0.1, 0.15) is 19.4 Å². The first-order valence-electron chi connectivity index (χ1n) is 7.41. The smallest absolute Gasteiger partial charge is 0.333 e. The van der Waals surface area contributed by atoms with Crippen LogP contribution < -0.4 is 14.9 Å². The molecule has 0 aliphatic carbocycles. The van der Waals surface area contributed by atoms with E-state index in [-0.39, 0.29) is 5.56 Å². The van der Waals surface area contributed by atoms with Gasteiger partial charge in [0.1, 0.15) is 0 Å². The number of nitrogens with zero attached hydrogens (tertiary/aromatic N) is 1. The first-order chi connectivity index (χ1) is 11.5. The highest BCUT2D eigenvalue weighted by molar-refractivity contribution is 7.89. The Kier molecular flexibility index (Phi) is 5.09. The van der Waals surface area contributed by atoms with Gasteiger partial charge in [0.2, 0.25) is 5.09 Å². The molecule has 8 nitrogen and oxygen atoms in total. The summed E-state index contributed by atoms with van der Waals surface area (Å²) in [5.74, 6) is 0. The average Bonchev–Trinajstić information content (AvgIpc) is 2.97. The largest absolute Gasteiger partial charge is 0.451 e. The fraction of sp³-hybridized carbons (Fsp3) is 0.312. The number of nitrogens with one attached hydrogen (secondary N) is 2. The zero-order valence-corrected chi connectivity index (χ0v) is 15.2. The van der Waals surface area contributed by atoms with Crippen molar-refractivity contribution >= 4 is 27.4 Å². The first-order valence-corrected chi connectivity index (χ1v) is 8.90. The summed E-state index contributed by atoms with van der Waals surface area (Å²) in [4.78, 5) is 13.8. The molecule has 0 atom stereocenters. The Morgan fingerprint density at radius 2 is 1.80 bits per heavy atom. The highest BCUT2D eigenvalue weighted by Crippen LogP contribution is 2.24. The number of aliphatic hydroxyl groups is 1. The Hall–Kier alpha value is -2.52. The van der Waals surface area contributed by atoms with Gasteiger partial charge in [-0.05, 0) is 38.1 Å². The van der Waals surface area contributed by atoms with Crippen LogP contribution in [-0.2, 0) is 15.6 Å². The van der Waals surface area contributed by atoms with Crippen molar-refractivity contribution in [3.8, 4) is 0 Å². The molecule has 0 saturated heterocycles. The van der Waals surface area contributed by atoms with Gasteiger partial charge in [-0.2, -0.15) is 8.42 Å². The number of benzene rings is 1. The van der Waals surface area contributed by atoms with E-state index in [4.69, 9.17) is 4.42 Å². The average molecular weight is 367 g/mol. The Labute approximate surface area is 146 Å². The fourth-order valence-corrected chi connectivity index (χ4v) is 2.80. The Morgan fingerprint density at radius 3 is 2.28 bits per heavy atom. The molecule has 0 radical (unpaired) electrons. The Morgan fingerprint density at radius 1 is 1.20 bits per heavy atom. The van der Waals surface area contributed by atoms with Gasteiger partial charge in [-0.3, -0.25) is 0 Å². The summed E-state index contributed by atoms with van der Waals surface area (Å²) in [5, 5.41) is 11.8. The molecule has 0 spiro atoms. The lowest BCUT2D eigenvalue weighted by Gasteiger charge is -2.13. The second-order valence-electron chi connectivity index (χ2n) is 6.21. The van der Waals surface area contributed by atoms with Crippen molar-refractivity contribution in [3.05, 3.63) is 42.2 Å². The van der Waals surface area contributed by atoms with Crippen molar-refractivity contribution in [2.75, 3.05) is 24.3 Å². The number of carbonyl (C=O) groups excluding carboxylic acids is 1. The summed E-state index contributed by atoms with van der Waals surface area (Å²) in [6.07, 6.45) is 1.13. The number of rotatable bonds is 5. The van der Waals surface area contributed by atoms with Crippen LogP contribution >= 0.6 is 0 Å². The van der Waals surface area contributed by atoms with E-state index in [1.807, 2.05) is 23.7 Å². The number of hydrogen-bond acceptors (Lipinski definition) is 6. The van der Waals surface area contributed by atoms with Crippen molar-refractivity contribution in [1.82, 2.24) is 4.72 Å². The number of sulfonamides is 1. The number of hydrogen-bond donors (Lipinski definition) is 3. The molecular formula is C16H21N3O5S. The monoisotopic (exact) mass is 367 g/mol. The normalized spacial score (nSPS) is 11.9. The van der Waals surface area contributed by atoms with Crippen LogP contribution in [0, 0.1) is 0 Å². The molecule has 0 unspecified atom stereocenters. The summed E-state index contributed by atoms with van der Waals surface area (Å²) < 4.78 is 31.1. The number of furan rings is 1. The maximum absolute atomic E-state index is 12.2.